The number of nitrogens with one attached hydrogen (secondary N) is 2. The van der Waals surface area contributed by atoms with Crippen LogP contribution in [0, 0.1) is 0 Å². The van der Waals surface area contributed by atoms with Gasteiger partial charge in [0.15, 0.2) is 0 Å². The van der Waals surface area contributed by atoms with Crippen molar-refractivity contribution in [2.45, 2.75) is 63.7 Å². The third-order valence-electron chi connectivity index (χ3n) is 4.28. The number of carboxylic acid groups (broad SMARTS) is 1. The number of rotatable bonds is 9. The summed E-state index contributed by atoms with van der Waals surface area (Å²) >= 11 is 0. The van der Waals surface area contributed by atoms with E-state index < -0.39 is 53.8 Å². The Kier molecular flexibility index (Phi) is 8.16. The first-order valence-corrected chi connectivity index (χ1v) is 8.72. The van der Waals surface area contributed by atoms with E-state index in [0.717, 1.165) is 0 Å². The van der Waals surface area contributed by atoms with Gasteiger partial charge in [-0.2, -0.15) is 0 Å². The predicted octanol–water partition coefficient (Wildman–Crippen LogP) is -2.34. The van der Waals surface area contributed by atoms with E-state index in [1.165, 1.54) is 18.7 Å². The molecule has 27 heavy (non-hydrogen) atoms. The molecule has 11 nitrogen and oxygen atoms in total. The van der Waals surface area contributed by atoms with Crippen molar-refractivity contribution < 1.29 is 29.1 Å². The van der Waals surface area contributed by atoms with Crippen molar-refractivity contribution in [2.24, 2.45) is 11.5 Å². The van der Waals surface area contributed by atoms with Crippen LogP contribution in [0.1, 0.15) is 39.5 Å². The molecular weight excluding hydrogens is 358 g/mol. The summed E-state index contributed by atoms with van der Waals surface area (Å²) in [4.78, 5) is 60.2. The maximum absolute atomic E-state index is 12.7. The summed E-state index contributed by atoms with van der Waals surface area (Å²) < 4.78 is 0. The first-order chi connectivity index (χ1) is 12.5. The maximum Gasteiger partial charge on any atom is 0.326 e. The van der Waals surface area contributed by atoms with Gasteiger partial charge in [-0.25, -0.2) is 4.79 Å². The number of carbonyl (C=O) groups is 5. The lowest BCUT2D eigenvalue weighted by Crippen LogP contribution is -2.56. The number of nitrogens with two attached hydrogens (primary N) is 2. The molecule has 1 heterocycles. The molecule has 0 aromatic carbocycles. The standard InChI is InChI=1S/C16H27N5O6/c1-8(17)13(23)19-9(2)14(24)20-10(5-6-12(18)22)15(25)21-7-3-4-11(21)16(26)27/h8-11H,3-7,17H2,1-2H3,(H2,18,22)(H,19,23)(H,20,24)(H,26,27). The van der Waals surface area contributed by atoms with Gasteiger partial charge in [0.1, 0.15) is 18.1 Å². The number of hydrogen-bond acceptors (Lipinski definition) is 6. The number of carbonyl (C=O) groups excluding carboxylic acids is 4. The van der Waals surface area contributed by atoms with Gasteiger partial charge in [-0.3, -0.25) is 19.2 Å². The third-order valence-corrected chi connectivity index (χ3v) is 4.28. The van der Waals surface area contributed by atoms with Crippen LogP contribution in [0.5, 0.6) is 0 Å². The van der Waals surface area contributed by atoms with Gasteiger partial charge in [0.2, 0.25) is 23.6 Å². The molecule has 0 aromatic rings. The van der Waals surface area contributed by atoms with Gasteiger partial charge in [-0.15, -0.1) is 0 Å². The fourth-order valence-electron chi connectivity index (χ4n) is 2.74. The van der Waals surface area contributed by atoms with E-state index >= 15 is 0 Å². The lowest BCUT2D eigenvalue weighted by atomic mass is 10.1. The summed E-state index contributed by atoms with van der Waals surface area (Å²) in [6.45, 7) is 3.12. The molecule has 4 atom stereocenters. The third kappa shape index (κ3) is 6.51. The molecule has 7 N–H and O–H groups in total. The van der Waals surface area contributed by atoms with E-state index in [1.54, 1.807) is 0 Å². The first kappa shape index (κ1) is 22.4. The Hall–Kier alpha value is -2.69. The Balaban J connectivity index is 2.85. The van der Waals surface area contributed by atoms with Gasteiger partial charge in [-0.05, 0) is 33.1 Å². The molecule has 1 rings (SSSR count). The Morgan fingerprint density at radius 2 is 1.78 bits per heavy atom. The Morgan fingerprint density at radius 3 is 2.30 bits per heavy atom. The summed E-state index contributed by atoms with van der Waals surface area (Å²) in [6.07, 6.45) is 0.609. The van der Waals surface area contributed by atoms with Crippen molar-refractivity contribution in [3.63, 3.8) is 0 Å². The number of likely N-dealkylation sites (tertiary alicyclic amines) is 1. The lowest BCUT2D eigenvalue weighted by molar-refractivity contribution is -0.149. The molecule has 0 aromatic heterocycles. The molecule has 0 aliphatic carbocycles. The highest BCUT2D eigenvalue weighted by molar-refractivity contribution is 5.94. The van der Waals surface area contributed by atoms with Gasteiger partial charge in [0, 0.05) is 13.0 Å². The number of amides is 4. The quantitative estimate of drug-likeness (QED) is 0.294. The van der Waals surface area contributed by atoms with Crippen LogP contribution >= 0.6 is 0 Å². The van der Waals surface area contributed by atoms with Crippen molar-refractivity contribution in [2.75, 3.05) is 6.54 Å². The minimum atomic E-state index is -1.13. The fraction of sp³-hybridized carbons (Fsp3) is 0.688. The summed E-state index contributed by atoms with van der Waals surface area (Å²) in [7, 11) is 0. The fourth-order valence-corrected chi connectivity index (χ4v) is 2.74. The number of aliphatic carboxylic acids is 1. The van der Waals surface area contributed by atoms with Crippen molar-refractivity contribution in [3.8, 4) is 0 Å². The number of nitrogens with zero attached hydrogens (tertiary/aromatic N) is 1. The van der Waals surface area contributed by atoms with E-state index in [9.17, 15) is 29.1 Å². The number of hydrogen-bond donors (Lipinski definition) is 5. The average Bonchev–Trinajstić information content (AvgIpc) is 3.07. The van der Waals surface area contributed by atoms with Crippen molar-refractivity contribution >= 4 is 29.6 Å². The second-order valence-corrected chi connectivity index (χ2v) is 6.61. The number of primary amides is 1. The summed E-state index contributed by atoms with van der Waals surface area (Å²) in [5.74, 6) is -3.57. The van der Waals surface area contributed by atoms with Crippen LogP contribution in [0.4, 0.5) is 0 Å². The molecule has 11 heteroatoms. The van der Waals surface area contributed by atoms with Gasteiger partial charge in [-0.1, -0.05) is 0 Å². The van der Waals surface area contributed by atoms with Crippen molar-refractivity contribution in [1.29, 1.82) is 0 Å². The molecule has 0 spiro atoms. The van der Waals surface area contributed by atoms with Crippen LogP contribution in [-0.2, 0) is 24.0 Å². The largest absolute Gasteiger partial charge is 0.480 e. The Morgan fingerprint density at radius 1 is 1.15 bits per heavy atom. The molecule has 1 saturated heterocycles. The lowest BCUT2D eigenvalue weighted by Gasteiger charge is -2.28. The van der Waals surface area contributed by atoms with Crippen molar-refractivity contribution in [3.05, 3.63) is 0 Å². The molecule has 4 unspecified atom stereocenters. The van der Waals surface area contributed by atoms with E-state index in [4.69, 9.17) is 11.5 Å². The average molecular weight is 385 g/mol. The second kappa shape index (κ2) is 9.86. The summed E-state index contributed by atoms with van der Waals surface area (Å²) in [5.41, 5.74) is 10.5. The van der Waals surface area contributed by atoms with Crippen LogP contribution in [0.15, 0.2) is 0 Å². The zero-order valence-corrected chi connectivity index (χ0v) is 15.4. The molecule has 0 radical (unpaired) electrons. The van der Waals surface area contributed by atoms with Crippen LogP contribution < -0.4 is 22.1 Å². The molecule has 0 bridgehead atoms. The smallest absolute Gasteiger partial charge is 0.326 e. The maximum atomic E-state index is 12.7. The highest BCUT2D eigenvalue weighted by Gasteiger charge is 2.38. The molecule has 0 saturated carbocycles. The van der Waals surface area contributed by atoms with Gasteiger partial charge >= 0.3 is 5.97 Å². The van der Waals surface area contributed by atoms with E-state index in [-0.39, 0.29) is 19.4 Å². The minimum Gasteiger partial charge on any atom is -0.480 e. The predicted molar refractivity (Wildman–Crippen MR) is 94.0 cm³/mol. The molecule has 1 aliphatic heterocycles. The molecule has 1 aliphatic rings. The van der Waals surface area contributed by atoms with Crippen LogP contribution in [0.2, 0.25) is 0 Å². The van der Waals surface area contributed by atoms with Crippen molar-refractivity contribution in [1.82, 2.24) is 15.5 Å². The first-order valence-electron chi connectivity index (χ1n) is 8.72. The van der Waals surface area contributed by atoms with E-state index in [0.29, 0.717) is 12.8 Å². The van der Waals surface area contributed by atoms with E-state index in [2.05, 4.69) is 10.6 Å². The topological polar surface area (TPSA) is 185 Å². The van der Waals surface area contributed by atoms with Gasteiger partial charge in [0.05, 0.1) is 6.04 Å². The summed E-state index contributed by atoms with van der Waals surface area (Å²) in [6, 6.07) is -3.88. The highest BCUT2D eigenvalue weighted by atomic mass is 16.4. The SMILES string of the molecule is CC(N)C(=O)NC(C)C(=O)NC(CCC(N)=O)C(=O)N1CCCC1C(=O)O. The Labute approximate surface area is 156 Å². The highest BCUT2D eigenvalue weighted by Crippen LogP contribution is 2.19. The summed E-state index contributed by atoms with van der Waals surface area (Å²) in [5, 5.41) is 14.1. The van der Waals surface area contributed by atoms with Crippen LogP contribution in [-0.4, -0.2) is 70.3 Å². The zero-order valence-electron chi connectivity index (χ0n) is 15.4. The molecule has 152 valence electrons. The molecule has 4 amide bonds. The monoisotopic (exact) mass is 385 g/mol. The van der Waals surface area contributed by atoms with Gasteiger partial charge < -0.3 is 32.1 Å². The normalized spacial score (nSPS) is 19.7. The van der Waals surface area contributed by atoms with Gasteiger partial charge in [0.25, 0.3) is 0 Å². The Bertz CT molecular complexity index is 608. The van der Waals surface area contributed by atoms with Crippen LogP contribution in [0.3, 0.4) is 0 Å². The molecule has 1 fully saturated rings. The zero-order chi connectivity index (χ0) is 20.7. The van der Waals surface area contributed by atoms with Crippen LogP contribution in [0.25, 0.3) is 0 Å². The van der Waals surface area contributed by atoms with E-state index in [1.807, 2.05) is 0 Å². The number of carboxylic acids is 1. The molecular formula is C16H27N5O6. The second-order valence-electron chi connectivity index (χ2n) is 6.61. The minimum absolute atomic E-state index is 0.0727.